The van der Waals surface area contributed by atoms with Gasteiger partial charge in [0.1, 0.15) is 5.60 Å². The van der Waals surface area contributed by atoms with Gasteiger partial charge in [-0.15, -0.1) is 0 Å². The molecule has 1 aromatic carbocycles. The number of fused-ring (bicyclic) bond motifs is 2. The summed E-state index contributed by atoms with van der Waals surface area (Å²) in [6.45, 7) is 7.26. The molecule has 2 aliphatic heterocycles. The number of amides is 2. The Morgan fingerprint density at radius 2 is 1.96 bits per heavy atom. The molecular formula is C21H28N2O5. The van der Waals surface area contributed by atoms with Crippen LogP contribution in [0.25, 0.3) is 0 Å². The molecule has 28 heavy (non-hydrogen) atoms. The minimum absolute atomic E-state index is 0.0724. The Labute approximate surface area is 165 Å². The van der Waals surface area contributed by atoms with Gasteiger partial charge in [0.2, 0.25) is 12.7 Å². The van der Waals surface area contributed by atoms with E-state index in [4.69, 9.17) is 14.2 Å². The first-order valence-electron chi connectivity index (χ1n) is 9.94. The summed E-state index contributed by atoms with van der Waals surface area (Å²) in [5.74, 6) is 2.28. The highest BCUT2D eigenvalue weighted by Gasteiger charge is 2.44. The molecule has 2 fully saturated rings. The largest absolute Gasteiger partial charge is 0.454 e. The Balaban J connectivity index is 1.33. The van der Waals surface area contributed by atoms with Crippen molar-refractivity contribution in [3.05, 3.63) is 23.8 Å². The minimum Gasteiger partial charge on any atom is -0.454 e. The molecule has 7 heteroatoms. The van der Waals surface area contributed by atoms with Gasteiger partial charge in [0, 0.05) is 25.0 Å². The molecule has 0 aromatic heterocycles. The highest BCUT2D eigenvalue weighted by atomic mass is 16.7. The molecule has 152 valence electrons. The molecule has 2 amide bonds. The second-order valence-electron chi connectivity index (χ2n) is 8.92. The van der Waals surface area contributed by atoms with E-state index in [1.807, 2.05) is 43.9 Å². The molecule has 1 saturated heterocycles. The number of alkyl carbamates (subject to hydrolysis) is 1. The summed E-state index contributed by atoms with van der Waals surface area (Å²) in [5, 5.41) is 3.01. The Morgan fingerprint density at radius 3 is 2.75 bits per heavy atom. The number of carbonyl (C=O) groups is 2. The molecule has 1 aromatic rings. The second kappa shape index (κ2) is 7.18. The van der Waals surface area contributed by atoms with Crippen LogP contribution in [-0.4, -0.2) is 48.4 Å². The number of ether oxygens (including phenoxy) is 3. The van der Waals surface area contributed by atoms with E-state index in [2.05, 4.69) is 5.32 Å². The van der Waals surface area contributed by atoms with E-state index in [1.165, 1.54) is 0 Å². The van der Waals surface area contributed by atoms with Crippen molar-refractivity contribution in [2.75, 3.05) is 19.9 Å². The summed E-state index contributed by atoms with van der Waals surface area (Å²) in [7, 11) is 0. The molecule has 1 saturated carbocycles. The normalized spacial score (nSPS) is 25.5. The summed E-state index contributed by atoms with van der Waals surface area (Å²) >= 11 is 0. The Bertz CT molecular complexity index is 773. The first-order valence-corrected chi connectivity index (χ1v) is 9.94. The quantitative estimate of drug-likeness (QED) is 0.862. The van der Waals surface area contributed by atoms with Crippen LogP contribution in [0.3, 0.4) is 0 Å². The van der Waals surface area contributed by atoms with Crippen LogP contribution in [0.1, 0.15) is 39.2 Å². The van der Waals surface area contributed by atoms with Crippen molar-refractivity contribution in [3.8, 4) is 11.5 Å². The molecular weight excluding hydrogens is 360 g/mol. The van der Waals surface area contributed by atoms with Crippen molar-refractivity contribution in [2.45, 2.75) is 51.7 Å². The molecule has 3 atom stereocenters. The van der Waals surface area contributed by atoms with Gasteiger partial charge < -0.3 is 24.4 Å². The van der Waals surface area contributed by atoms with Gasteiger partial charge in [-0.2, -0.15) is 0 Å². The number of nitrogens with zero attached hydrogens (tertiary/aromatic N) is 1. The van der Waals surface area contributed by atoms with Crippen LogP contribution in [0.4, 0.5) is 4.79 Å². The van der Waals surface area contributed by atoms with E-state index in [0.717, 1.165) is 30.7 Å². The lowest BCUT2D eigenvalue weighted by molar-refractivity contribution is -0.129. The smallest absolute Gasteiger partial charge is 0.407 e. The third-order valence-corrected chi connectivity index (χ3v) is 5.70. The fourth-order valence-electron chi connectivity index (χ4n) is 4.44. The van der Waals surface area contributed by atoms with Crippen LogP contribution < -0.4 is 14.8 Å². The summed E-state index contributed by atoms with van der Waals surface area (Å²) < 4.78 is 16.1. The highest BCUT2D eigenvalue weighted by molar-refractivity contribution is 5.79. The molecule has 7 nitrogen and oxygen atoms in total. The maximum absolute atomic E-state index is 12.8. The Hall–Kier alpha value is -2.44. The van der Waals surface area contributed by atoms with Gasteiger partial charge in [-0.3, -0.25) is 4.79 Å². The molecule has 0 bridgehead atoms. The number of hydrogen-bond donors (Lipinski definition) is 1. The monoisotopic (exact) mass is 388 g/mol. The van der Waals surface area contributed by atoms with Crippen molar-refractivity contribution < 1.29 is 23.8 Å². The van der Waals surface area contributed by atoms with E-state index < -0.39 is 5.60 Å². The lowest BCUT2D eigenvalue weighted by Gasteiger charge is -2.25. The molecule has 1 N–H and O–H groups in total. The lowest BCUT2D eigenvalue weighted by atomic mass is 9.98. The topological polar surface area (TPSA) is 77.1 Å². The van der Waals surface area contributed by atoms with Gasteiger partial charge >= 0.3 is 6.09 Å². The molecule has 3 aliphatic rings. The first kappa shape index (κ1) is 18.9. The third kappa shape index (κ3) is 4.03. The average molecular weight is 388 g/mol. The Kier molecular flexibility index (Phi) is 4.85. The molecule has 0 spiro atoms. The summed E-state index contributed by atoms with van der Waals surface area (Å²) in [6.07, 6.45) is 1.95. The lowest BCUT2D eigenvalue weighted by Crippen LogP contribution is -2.42. The maximum atomic E-state index is 12.8. The van der Waals surface area contributed by atoms with E-state index in [9.17, 15) is 9.59 Å². The molecule has 4 rings (SSSR count). The molecule has 0 unspecified atom stereocenters. The van der Waals surface area contributed by atoms with Crippen molar-refractivity contribution >= 4 is 12.0 Å². The van der Waals surface area contributed by atoms with E-state index in [0.29, 0.717) is 30.6 Å². The van der Waals surface area contributed by atoms with Crippen molar-refractivity contribution in [2.24, 2.45) is 11.8 Å². The number of benzene rings is 1. The third-order valence-electron chi connectivity index (χ3n) is 5.70. The van der Waals surface area contributed by atoms with Gasteiger partial charge in [0.05, 0.1) is 6.42 Å². The van der Waals surface area contributed by atoms with Crippen molar-refractivity contribution in [1.29, 1.82) is 0 Å². The van der Waals surface area contributed by atoms with Crippen LogP contribution in [0.5, 0.6) is 11.5 Å². The zero-order valence-corrected chi connectivity index (χ0v) is 16.7. The van der Waals surface area contributed by atoms with Gasteiger partial charge in [-0.25, -0.2) is 4.79 Å². The fourth-order valence-corrected chi connectivity index (χ4v) is 4.44. The van der Waals surface area contributed by atoms with Crippen molar-refractivity contribution in [1.82, 2.24) is 10.2 Å². The predicted octanol–water partition coefficient (Wildman–Crippen LogP) is 2.72. The minimum atomic E-state index is -0.510. The standard InChI is InChI=1S/C21H28N2O5/c1-21(2,3)28-20(25)22-16-6-5-14-10-23(11-15(14)16)19(24)9-13-4-7-17-18(8-13)27-12-26-17/h4,7-8,14-16H,5-6,9-12H2,1-3H3,(H,22,25)/t14-,15+,16-/m1/s1. The maximum Gasteiger partial charge on any atom is 0.407 e. The van der Waals surface area contributed by atoms with Crippen LogP contribution in [0.2, 0.25) is 0 Å². The fraction of sp³-hybridized carbons (Fsp3) is 0.619. The van der Waals surface area contributed by atoms with Gasteiger partial charge in [0.15, 0.2) is 11.5 Å². The summed E-state index contributed by atoms with van der Waals surface area (Å²) in [5.41, 5.74) is 0.416. The number of carbonyl (C=O) groups excluding carboxylic acids is 2. The zero-order valence-electron chi connectivity index (χ0n) is 16.7. The number of rotatable bonds is 3. The van der Waals surface area contributed by atoms with E-state index in [1.54, 1.807) is 0 Å². The van der Waals surface area contributed by atoms with Crippen LogP contribution in [-0.2, 0) is 16.0 Å². The molecule has 1 aliphatic carbocycles. The van der Waals surface area contributed by atoms with E-state index in [-0.39, 0.29) is 24.8 Å². The zero-order chi connectivity index (χ0) is 19.9. The van der Waals surface area contributed by atoms with Gasteiger partial charge in [-0.05, 0) is 57.2 Å². The van der Waals surface area contributed by atoms with Crippen molar-refractivity contribution in [3.63, 3.8) is 0 Å². The summed E-state index contributed by atoms with van der Waals surface area (Å²) in [6, 6.07) is 5.71. The van der Waals surface area contributed by atoms with Gasteiger partial charge in [-0.1, -0.05) is 6.07 Å². The number of hydrogen-bond acceptors (Lipinski definition) is 5. The molecule has 0 radical (unpaired) electrons. The predicted molar refractivity (Wildman–Crippen MR) is 102 cm³/mol. The second-order valence-corrected chi connectivity index (χ2v) is 8.92. The highest BCUT2D eigenvalue weighted by Crippen LogP contribution is 2.39. The SMILES string of the molecule is CC(C)(C)OC(=O)N[C@@H]1CC[C@@H]2CN(C(=O)Cc3ccc4c(c3)OCO4)C[C@@H]21. The van der Waals surface area contributed by atoms with Crippen LogP contribution >= 0.6 is 0 Å². The summed E-state index contributed by atoms with van der Waals surface area (Å²) in [4.78, 5) is 26.9. The van der Waals surface area contributed by atoms with Crippen LogP contribution in [0.15, 0.2) is 18.2 Å². The molecule has 2 heterocycles. The van der Waals surface area contributed by atoms with Crippen LogP contribution in [0, 0.1) is 11.8 Å². The number of likely N-dealkylation sites (tertiary alicyclic amines) is 1. The average Bonchev–Trinajstić information content (AvgIpc) is 3.29. The van der Waals surface area contributed by atoms with Gasteiger partial charge in [0.25, 0.3) is 0 Å². The van der Waals surface area contributed by atoms with E-state index >= 15 is 0 Å². The number of nitrogens with one attached hydrogen (secondary N) is 1. The Morgan fingerprint density at radius 1 is 1.18 bits per heavy atom. The first-order chi connectivity index (χ1) is 13.3.